The molecule has 2 aromatic heterocycles. The third-order valence-electron chi connectivity index (χ3n) is 5.30. The Hall–Kier alpha value is -3.35. The van der Waals surface area contributed by atoms with Crippen LogP contribution in [0.5, 0.6) is 0 Å². The first-order valence-corrected chi connectivity index (χ1v) is 10.1. The number of aromatic nitrogens is 3. The number of piperazine rings is 1. The van der Waals surface area contributed by atoms with Crippen LogP contribution in [-0.4, -0.2) is 41.1 Å². The summed E-state index contributed by atoms with van der Waals surface area (Å²) < 4.78 is 0. The molecule has 0 amide bonds. The van der Waals surface area contributed by atoms with Crippen LogP contribution in [0.2, 0.25) is 0 Å². The second kappa shape index (κ2) is 8.34. The van der Waals surface area contributed by atoms with Crippen molar-refractivity contribution in [3.05, 3.63) is 54.2 Å². The number of rotatable bonds is 5. The summed E-state index contributed by atoms with van der Waals surface area (Å²) in [5.41, 5.74) is 15.7. The molecule has 0 bridgehead atoms. The van der Waals surface area contributed by atoms with Gasteiger partial charge in [-0.25, -0.2) is 4.98 Å². The van der Waals surface area contributed by atoms with Gasteiger partial charge >= 0.3 is 0 Å². The average molecular weight is 390 g/mol. The predicted octanol–water partition coefficient (Wildman–Crippen LogP) is 2.98. The minimum absolute atomic E-state index is 0.434. The van der Waals surface area contributed by atoms with E-state index in [9.17, 15) is 0 Å². The van der Waals surface area contributed by atoms with E-state index in [2.05, 4.69) is 37.7 Å². The summed E-state index contributed by atoms with van der Waals surface area (Å²) in [4.78, 5) is 18.1. The van der Waals surface area contributed by atoms with E-state index < -0.39 is 0 Å². The van der Waals surface area contributed by atoms with E-state index in [4.69, 9.17) is 11.5 Å². The maximum Gasteiger partial charge on any atom is 0.229 e. The Bertz CT molecular complexity index is 943. The minimum atomic E-state index is 0.434. The summed E-state index contributed by atoms with van der Waals surface area (Å²) >= 11 is 0. The first-order valence-electron chi connectivity index (χ1n) is 10.1. The molecular weight excluding hydrogens is 362 g/mol. The zero-order valence-corrected chi connectivity index (χ0v) is 16.8. The monoisotopic (exact) mass is 389 g/mol. The Morgan fingerprint density at radius 2 is 1.52 bits per heavy atom. The first kappa shape index (κ1) is 19.0. The summed E-state index contributed by atoms with van der Waals surface area (Å²) in [5.74, 6) is 2.46. The average Bonchev–Trinajstić information content (AvgIpc) is 2.75. The van der Waals surface area contributed by atoms with Gasteiger partial charge in [0.05, 0.1) is 5.56 Å². The van der Waals surface area contributed by atoms with Crippen molar-refractivity contribution in [1.29, 1.82) is 0 Å². The number of hydrogen-bond donors (Lipinski definition) is 2. The highest BCUT2D eigenvalue weighted by molar-refractivity contribution is 5.85. The largest absolute Gasteiger partial charge is 0.383 e. The number of anilines is 4. The van der Waals surface area contributed by atoms with Crippen molar-refractivity contribution in [3.8, 4) is 11.1 Å². The quantitative estimate of drug-likeness (QED) is 0.692. The van der Waals surface area contributed by atoms with Crippen molar-refractivity contribution < 1.29 is 0 Å². The van der Waals surface area contributed by atoms with Crippen LogP contribution in [0, 0.1) is 0 Å². The topological polar surface area (TPSA) is 97.2 Å². The Labute approximate surface area is 171 Å². The first-order chi connectivity index (χ1) is 14.2. The number of pyridine rings is 1. The molecule has 150 valence electrons. The molecule has 29 heavy (non-hydrogen) atoms. The Balaban J connectivity index is 1.56. The van der Waals surface area contributed by atoms with Crippen molar-refractivity contribution >= 4 is 23.4 Å². The zero-order chi connectivity index (χ0) is 20.2. The molecule has 4 rings (SSSR count). The van der Waals surface area contributed by atoms with E-state index >= 15 is 0 Å². The molecule has 0 unspecified atom stereocenters. The highest BCUT2D eigenvalue weighted by atomic mass is 15.3. The number of nitrogens with two attached hydrogens (primary N) is 2. The lowest BCUT2D eigenvalue weighted by molar-refractivity contribution is 0.635. The molecule has 1 saturated heterocycles. The van der Waals surface area contributed by atoms with Crippen LogP contribution in [0.3, 0.4) is 0 Å². The van der Waals surface area contributed by atoms with E-state index in [1.165, 1.54) is 5.56 Å². The molecule has 4 N–H and O–H groups in total. The van der Waals surface area contributed by atoms with Crippen molar-refractivity contribution in [1.82, 2.24) is 15.0 Å². The molecule has 7 heteroatoms. The Morgan fingerprint density at radius 3 is 2.17 bits per heavy atom. The van der Waals surface area contributed by atoms with Gasteiger partial charge in [0, 0.05) is 32.4 Å². The standard InChI is InChI=1S/C22H27N7/c1-2-7-16-8-3-4-9-17(16)19-20(23)26-22(27-21(19)24)29-14-12-28(13-15-29)18-10-5-6-11-25-18/h3-6,8-11H,2,7,12-15H2,1H3,(H4,23,24,26,27). The minimum Gasteiger partial charge on any atom is -0.383 e. The van der Waals surface area contributed by atoms with Gasteiger partial charge in [0.2, 0.25) is 5.95 Å². The van der Waals surface area contributed by atoms with Crippen LogP contribution in [0.25, 0.3) is 11.1 Å². The summed E-state index contributed by atoms with van der Waals surface area (Å²) in [6.45, 7) is 5.44. The second-order valence-electron chi connectivity index (χ2n) is 7.24. The van der Waals surface area contributed by atoms with Crippen molar-refractivity contribution in [3.63, 3.8) is 0 Å². The number of nitrogen functional groups attached to an aromatic ring is 2. The molecule has 3 aromatic rings. The number of hydrogen-bond acceptors (Lipinski definition) is 7. The zero-order valence-electron chi connectivity index (χ0n) is 16.8. The van der Waals surface area contributed by atoms with E-state index in [-0.39, 0.29) is 0 Å². The molecule has 1 fully saturated rings. The smallest absolute Gasteiger partial charge is 0.229 e. The van der Waals surface area contributed by atoms with Crippen LogP contribution in [0.4, 0.5) is 23.4 Å². The molecule has 1 aliphatic rings. The van der Waals surface area contributed by atoms with Gasteiger partial charge < -0.3 is 21.3 Å². The van der Waals surface area contributed by atoms with Gasteiger partial charge in [0.15, 0.2) is 0 Å². The molecule has 0 radical (unpaired) electrons. The van der Waals surface area contributed by atoms with Gasteiger partial charge in [0.1, 0.15) is 17.5 Å². The van der Waals surface area contributed by atoms with Gasteiger partial charge in [0.25, 0.3) is 0 Å². The van der Waals surface area contributed by atoms with Crippen LogP contribution in [0.15, 0.2) is 48.7 Å². The fourth-order valence-electron chi connectivity index (χ4n) is 3.83. The second-order valence-corrected chi connectivity index (χ2v) is 7.24. The van der Waals surface area contributed by atoms with Gasteiger partial charge in [-0.2, -0.15) is 9.97 Å². The number of benzene rings is 1. The summed E-state index contributed by atoms with van der Waals surface area (Å²) in [6.07, 6.45) is 3.84. The van der Waals surface area contributed by atoms with Crippen LogP contribution < -0.4 is 21.3 Å². The highest BCUT2D eigenvalue weighted by Crippen LogP contribution is 2.34. The number of nitrogens with zero attached hydrogens (tertiary/aromatic N) is 5. The van der Waals surface area contributed by atoms with E-state index in [1.807, 2.05) is 42.6 Å². The molecule has 0 aliphatic carbocycles. The Morgan fingerprint density at radius 1 is 0.862 bits per heavy atom. The third kappa shape index (κ3) is 3.94. The Kier molecular flexibility index (Phi) is 5.46. The van der Waals surface area contributed by atoms with Gasteiger partial charge in [-0.15, -0.1) is 0 Å². The summed E-state index contributed by atoms with van der Waals surface area (Å²) in [7, 11) is 0. The van der Waals surface area contributed by atoms with Gasteiger partial charge in [-0.3, -0.25) is 0 Å². The predicted molar refractivity (Wildman–Crippen MR) is 119 cm³/mol. The van der Waals surface area contributed by atoms with Gasteiger partial charge in [-0.1, -0.05) is 43.7 Å². The molecule has 0 spiro atoms. The van der Waals surface area contributed by atoms with Crippen molar-refractivity contribution in [2.75, 3.05) is 47.4 Å². The number of aryl methyl sites for hydroxylation is 1. The lowest BCUT2D eigenvalue weighted by Crippen LogP contribution is -2.47. The highest BCUT2D eigenvalue weighted by Gasteiger charge is 2.22. The normalized spacial score (nSPS) is 14.2. The molecule has 3 heterocycles. The van der Waals surface area contributed by atoms with Crippen molar-refractivity contribution in [2.45, 2.75) is 19.8 Å². The van der Waals surface area contributed by atoms with Crippen LogP contribution in [-0.2, 0) is 6.42 Å². The summed E-state index contributed by atoms with van der Waals surface area (Å²) in [6, 6.07) is 14.2. The molecule has 1 aliphatic heterocycles. The molecule has 7 nitrogen and oxygen atoms in total. The molecule has 0 atom stereocenters. The van der Waals surface area contributed by atoms with Crippen LogP contribution in [0.1, 0.15) is 18.9 Å². The van der Waals surface area contributed by atoms with E-state index in [0.717, 1.165) is 56.0 Å². The lowest BCUT2D eigenvalue weighted by Gasteiger charge is -2.35. The fraction of sp³-hybridized carbons (Fsp3) is 0.318. The van der Waals surface area contributed by atoms with Crippen molar-refractivity contribution in [2.24, 2.45) is 0 Å². The maximum atomic E-state index is 6.37. The van der Waals surface area contributed by atoms with Crippen LogP contribution >= 0.6 is 0 Å². The fourth-order valence-corrected chi connectivity index (χ4v) is 3.83. The van der Waals surface area contributed by atoms with E-state index in [0.29, 0.717) is 17.6 Å². The van der Waals surface area contributed by atoms with E-state index in [1.54, 1.807) is 0 Å². The SMILES string of the molecule is CCCc1ccccc1-c1c(N)nc(N2CCN(c3ccccn3)CC2)nc1N. The third-order valence-corrected chi connectivity index (χ3v) is 5.30. The maximum absolute atomic E-state index is 6.37. The van der Waals surface area contributed by atoms with Gasteiger partial charge in [-0.05, 0) is 29.7 Å². The molecule has 0 saturated carbocycles. The lowest BCUT2D eigenvalue weighted by atomic mass is 9.97. The summed E-state index contributed by atoms with van der Waals surface area (Å²) in [5, 5.41) is 0. The molecular formula is C22H27N7. The molecule has 1 aromatic carbocycles.